The van der Waals surface area contributed by atoms with Gasteiger partial charge in [-0.05, 0) is 12.1 Å². The first-order valence-electron chi connectivity index (χ1n) is 3.46. The second-order valence-electron chi connectivity index (χ2n) is 2.44. The Kier molecular flexibility index (Phi) is 1.73. The molecule has 0 saturated carbocycles. The summed E-state index contributed by atoms with van der Waals surface area (Å²) in [6.45, 7) is 0. The highest BCUT2D eigenvalue weighted by Gasteiger charge is 2.10. The third-order valence-corrected chi connectivity index (χ3v) is 2.56. The van der Waals surface area contributed by atoms with E-state index in [1.54, 1.807) is 0 Å². The van der Waals surface area contributed by atoms with Crippen LogP contribution in [-0.2, 0) is 0 Å². The summed E-state index contributed by atoms with van der Waals surface area (Å²) in [6.07, 6.45) is 0. The number of rotatable bonds is 1. The summed E-state index contributed by atoms with van der Waals surface area (Å²) < 4.78 is 13.3. The maximum absolute atomic E-state index is 12.7. The number of aromatic carboxylic acids is 1. The van der Waals surface area contributed by atoms with Gasteiger partial charge >= 0.3 is 5.97 Å². The van der Waals surface area contributed by atoms with Crippen LogP contribution in [0.15, 0.2) is 18.2 Å². The number of hydrogen-bond acceptors (Lipinski definition) is 3. The van der Waals surface area contributed by atoms with Crippen molar-refractivity contribution in [2.24, 2.45) is 0 Å². The van der Waals surface area contributed by atoms with Crippen LogP contribution < -0.4 is 0 Å². The monoisotopic (exact) mass is 197 g/mol. The molecular formula is C8H4FNO2S. The molecule has 5 heteroatoms. The van der Waals surface area contributed by atoms with Gasteiger partial charge in [0.2, 0.25) is 5.01 Å². The van der Waals surface area contributed by atoms with E-state index in [0.29, 0.717) is 10.2 Å². The second-order valence-corrected chi connectivity index (χ2v) is 3.47. The lowest BCUT2D eigenvalue weighted by atomic mass is 10.3. The third kappa shape index (κ3) is 1.38. The Hall–Kier alpha value is -1.49. The van der Waals surface area contributed by atoms with Crippen molar-refractivity contribution in [1.82, 2.24) is 4.98 Å². The number of fused-ring (bicyclic) bond motifs is 1. The lowest BCUT2D eigenvalue weighted by molar-refractivity contribution is 0.0696. The Morgan fingerprint density at radius 3 is 3.00 bits per heavy atom. The van der Waals surface area contributed by atoms with Crippen LogP contribution in [0, 0.1) is 5.82 Å². The Morgan fingerprint density at radius 1 is 1.54 bits per heavy atom. The van der Waals surface area contributed by atoms with E-state index in [1.165, 1.54) is 18.2 Å². The normalized spacial score (nSPS) is 10.5. The topological polar surface area (TPSA) is 50.2 Å². The smallest absolute Gasteiger partial charge is 0.365 e. The number of carboxylic acid groups (broad SMARTS) is 1. The Balaban J connectivity index is 2.68. The van der Waals surface area contributed by atoms with Gasteiger partial charge in [0.05, 0.1) is 10.2 Å². The van der Waals surface area contributed by atoms with E-state index in [9.17, 15) is 9.18 Å². The van der Waals surface area contributed by atoms with Gasteiger partial charge in [-0.25, -0.2) is 14.2 Å². The maximum atomic E-state index is 12.7. The number of nitrogens with zero attached hydrogens (tertiary/aromatic N) is 1. The number of hydrogen-bond donors (Lipinski definition) is 1. The number of halogens is 1. The molecule has 2 aromatic rings. The zero-order valence-electron chi connectivity index (χ0n) is 6.32. The van der Waals surface area contributed by atoms with Crippen molar-refractivity contribution < 1.29 is 14.3 Å². The standard InChI is InChI=1S/C8H4FNO2S/c9-4-1-2-6-5(3-4)10-7(13-6)8(11)12/h1-3H,(H,11,12). The molecule has 0 bridgehead atoms. The Bertz CT molecular complexity index is 480. The lowest BCUT2D eigenvalue weighted by Crippen LogP contribution is -1.93. The summed E-state index contributed by atoms with van der Waals surface area (Å²) in [6, 6.07) is 4.03. The van der Waals surface area contributed by atoms with Gasteiger partial charge in [0.15, 0.2) is 0 Å². The van der Waals surface area contributed by atoms with Crippen molar-refractivity contribution in [2.45, 2.75) is 0 Å². The largest absolute Gasteiger partial charge is 0.476 e. The summed E-state index contributed by atoms with van der Waals surface area (Å²) in [5.74, 6) is -1.49. The van der Waals surface area contributed by atoms with E-state index in [2.05, 4.69) is 4.98 Å². The van der Waals surface area contributed by atoms with Crippen molar-refractivity contribution in [3.8, 4) is 0 Å². The first-order valence-corrected chi connectivity index (χ1v) is 4.28. The predicted molar refractivity (Wildman–Crippen MR) is 46.5 cm³/mol. The van der Waals surface area contributed by atoms with Crippen LogP contribution in [0.3, 0.4) is 0 Å². The van der Waals surface area contributed by atoms with Crippen molar-refractivity contribution >= 4 is 27.5 Å². The third-order valence-electron chi connectivity index (χ3n) is 1.53. The zero-order chi connectivity index (χ0) is 9.42. The van der Waals surface area contributed by atoms with E-state index in [0.717, 1.165) is 11.3 Å². The van der Waals surface area contributed by atoms with E-state index < -0.39 is 11.8 Å². The molecule has 1 heterocycles. The van der Waals surface area contributed by atoms with Gasteiger partial charge < -0.3 is 5.11 Å². The van der Waals surface area contributed by atoms with Crippen molar-refractivity contribution in [1.29, 1.82) is 0 Å². The van der Waals surface area contributed by atoms with Gasteiger partial charge in [-0.3, -0.25) is 0 Å². The predicted octanol–water partition coefficient (Wildman–Crippen LogP) is 2.13. The lowest BCUT2D eigenvalue weighted by Gasteiger charge is -1.85. The zero-order valence-corrected chi connectivity index (χ0v) is 7.14. The van der Waals surface area contributed by atoms with Crippen LogP contribution in [0.4, 0.5) is 4.39 Å². The Morgan fingerprint density at radius 2 is 2.31 bits per heavy atom. The quantitative estimate of drug-likeness (QED) is 0.761. The molecular weight excluding hydrogens is 193 g/mol. The van der Waals surface area contributed by atoms with E-state index in [1.807, 2.05) is 0 Å². The van der Waals surface area contributed by atoms with Crippen LogP contribution in [0.5, 0.6) is 0 Å². The maximum Gasteiger partial charge on any atom is 0.365 e. The van der Waals surface area contributed by atoms with Gasteiger partial charge in [0.25, 0.3) is 0 Å². The van der Waals surface area contributed by atoms with Crippen molar-refractivity contribution in [3.05, 3.63) is 29.0 Å². The molecule has 0 atom stereocenters. The van der Waals surface area contributed by atoms with E-state index in [-0.39, 0.29) is 5.01 Å². The molecule has 0 aliphatic rings. The molecule has 3 nitrogen and oxygen atoms in total. The molecule has 0 amide bonds. The van der Waals surface area contributed by atoms with Crippen molar-refractivity contribution in [3.63, 3.8) is 0 Å². The van der Waals surface area contributed by atoms with Gasteiger partial charge in [0.1, 0.15) is 5.82 Å². The molecule has 66 valence electrons. The van der Waals surface area contributed by atoms with Crippen LogP contribution in [0.1, 0.15) is 9.80 Å². The first kappa shape index (κ1) is 8.12. The minimum atomic E-state index is -1.08. The van der Waals surface area contributed by atoms with Crippen LogP contribution in [0.25, 0.3) is 10.2 Å². The van der Waals surface area contributed by atoms with Crippen LogP contribution in [-0.4, -0.2) is 16.1 Å². The molecule has 13 heavy (non-hydrogen) atoms. The first-order chi connectivity index (χ1) is 6.16. The van der Waals surface area contributed by atoms with Gasteiger partial charge in [-0.15, -0.1) is 11.3 Å². The van der Waals surface area contributed by atoms with Crippen molar-refractivity contribution in [2.75, 3.05) is 0 Å². The molecule has 0 aliphatic carbocycles. The molecule has 1 aromatic heterocycles. The average molecular weight is 197 g/mol. The molecule has 1 aromatic carbocycles. The fourth-order valence-corrected chi connectivity index (χ4v) is 1.78. The van der Waals surface area contributed by atoms with Gasteiger partial charge in [-0.1, -0.05) is 0 Å². The SMILES string of the molecule is O=C(O)c1nc2cc(F)ccc2s1. The molecule has 0 saturated heterocycles. The molecule has 0 aliphatic heterocycles. The summed E-state index contributed by atoms with van der Waals surface area (Å²) >= 11 is 1.04. The van der Waals surface area contributed by atoms with E-state index in [4.69, 9.17) is 5.11 Å². The minimum absolute atomic E-state index is 0.0133. The summed E-state index contributed by atoms with van der Waals surface area (Å²) in [5, 5.41) is 8.60. The van der Waals surface area contributed by atoms with Crippen LogP contribution in [0.2, 0.25) is 0 Å². The number of aromatic nitrogens is 1. The number of benzene rings is 1. The number of carboxylic acids is 1. The van der Waals surface area contributed by atoms with E-state index >= 15 is 0 Å². The molecule has 0 spiro atoms. The summed E-state index contributed by atoms with van der Waals surface area (Å²) in [4.78, 5) is 14.3. The van der Waals surface area contributed by atoms with Gasteiger partial charge in [0, 0.05) is 6.07 Å². The highest BCUT2D eigenvalue weighted by molar-refractivity contribution is 7.20. The number of thiazole rings is 1. The van der Waals surface area contributed by atoms with Crippen LogP contribution >= 0.6 is 11.3 Å². The summed E-state index contributed by atoms with van der Waals surface area (Å²) in [5.41, 5.74) is 0.391. The highest BCUT2D eigenvalue weighted by Crippen LogP contribution is 2.22. The molecule has 0 unspecified atom stereocenters. The molecule has 0 radical (unpaired) electrons. The summed E-state index contributed by atoms with van der Waals surface area (Å²) in [7, 11) is 0. The molecule has 1 N–H and O–H groups in total. The van der Waals surface area contributed by atoms with Gasteiger partial charge in [-0.2, -0.15) is 0 Å². The molecule has 2 rings (SSSR count). The minimum Gasteiger partial charge on any atom is -0.476 e. The Labute approximate surface area is 76.5 Å². The number of carbonyl (C=O) groups is 1. The fraction of sp³-hybridized carbons (Fsp3) is 0. The fourth-order valence-electron chi connectivity index (χ4n) is 0.992. The molecule has 0 fully saturated rings. The second kappa shape index (κ2) is 2.77. The highest BCUT2D eigenvalue weighted by atomic mass is 32.1. The average Bonchev–Trinajstić information content (AvgIpc) is 2.46.